The number of rotatable bonds is 3. The van der Waals surface area contributed by atoms with Gasteiger partial charge in [-0.25, -0.2) is 0 Å². The lowest BCUT2D eigenvalue weighted by Crippen LogP contribution is -2.15. The summed E-state index contributed by atoms with van der Waals surface area (Å²) >= 11 is 1.57. The predicted octanol–water partition coefficient (Wildman–Crippen LogP) is 2.24. The maximum Gasteiger partial charge on any atom is 0.231 e. The SMILES string of the molecule is Nc1cc2c(cc1NC(=O)Cc1ccsc1)OCO2. The molecule has 0 unspecified atom stereocenters. The number of thiophene rings is 1. The minimum Gasteiger partial charge on any atom is -0.454 e. The first-order valence-corrected chi connectivity index (χ1v) is 6.67. The van der Waals surface area contributed by atoms with Crippen molar-refractivity contribution in [3.05, 3.63) is 34.5 Å². The molecule has 0 spiro atoms. The van der Waals surface area contributed by atoms with Crippen LogP contribution in [0.1, 0.15) is 5.56 Å². The second kappa shape index (κ2) is 4.81. The van der Waals surface area contributed by atoms with Crippen LogP contribution in [0.2, 0.25) is 0 Å². The van der Waals surface area contributed by atoms with Crippen LogP contribution in [0.4, 0.5) is 11.4 Å². The molecule has 3 rings (SSSR count). The molecule has 1 aromatic carbocycles. The average Bonchev–Trinajstić information content (AvgIpc) is 3.00. The molecule has 98 valence electrons. The summed E-state index contributed by atoms with van der Waals surface area (Å²) in [7, 11) is 0. The molecular formula is C13H12N2O3S. The fourth-order valence-corrected chi connectivity index (χ4v) is 2.51. The molecule has 19 heavy (non-hydrogen) atoms. The van der Waals surface area contributed by atoms with Crippen LogP contribution in [-0.4, -0.2) is 12.7 Å². The highest BCUT2D eigenvalue weighted by Gasteiger charge is 2.17. The van der Waals surface area contributed by atoms with Crippen molar-refractivity contribution in [1.29, 1.82) is 0 Å². The molecule has 2 heterocycles. The zero-order chi connectivity index (χ0) is 13.2. The number of nitrogens with two attached hydrogens (primary N) is 1. The van der Waals surface area contributed by atoms with Gasteiger partial charge in [-0.2, -0.15) is 11.3 Å². The van der Waals surface area contributed by atoms with E-state index in [4.69, 9.17) is 15.2 Å². The number of carbonyl (C=O) groups is 1. The van der Waals surface area contributed by atoms with Crippen molar-refractivity contribution < 1.29 is 14.3 Å². The summed E-state index contributed by atoms with van der Waals surface area (Å²) in [6.45, 7) is 0.182. The van der Waals surface area contributed by atoms with E-state index in [-0.39, 0.29) is 12.7 Å². The molecule has 0 saturated carbocycles. The van der Waals surface area contributed by atoms with Crippen molar-refractivity contribution in [2.45, 2.75) is 6.42 Å². The average molecular weight is 276 g/mol. The second-order valence-electron chi connectivity index (χ2n) is 4.15. The van der Waals surface area contributed by atoms with Gasteiger partial charge in [-0.3, -0.25) is 4.79 Å². The lowest BCUT2D eigenvalue weighted by molar-refractivity contribution is -0.115. The fraction of sp³-hybridized carbons (Fsp3) is 0.154. The van der Waals surface area contributed by atoms with Crippen LogP contribution < -0.4 is 20.5 Å². The fourth-order valence-electron chi connectivity index (χ4n) is 1.84. The van der Waals surface area contributed by atoms with Gasteiger partial charge >= 0.3 is 0 Å². The summed E-state index contributed by atoms with van der Waals surface area (Å²) in [6, 6.07) is 5.26. The Morgan fingerprint density at radius 1 is 1.37 bits per heavy atom. The standard InChI is InChI=1S/C13H12N2O3S/c14-9-4-11-12(18-7-17-11)5-10(9)15-13(16)3-8-1-2-19-6-8/h1-2,4-6H,3,7,14H2,(H,15,16). The zero-order valence-electron chi connectivity index (χ0n) is 10.0. The number of benzene rings is 1. The summed E-state index contributed by atoms with van der Waals surface area (Å²) in [5, 5.41) is 6.67. The summed E-state index contributed by atoms with van der Waals surface area (Å²) in [5.41, 5.74) is 7.86. The number of fused-ring (bicyclic) bond motifs is 1. The van der Waals surface area contributed by atoms with Gasteiger partial charge in [-0.1, -0.05) is 0 Å². The number of ether oxygens (including phenoxy) is 2. The van der Waals surface area contributed by atoms with Crippen LogP contribution in [0.15, 0.2) is 29.0 Å². The van der Waals surface area contributed by atoms with Gasteiger partial charge < -0.3 is 20.5 Å². The van der Waals surface area contributed by atoms with Gasteiger partial charge in [0.25, 0.3) is 0 Å². The number of hydrogen-bond acceptors (Lipinski definition) is 5. The van der Waals surface area contributed by atoms with Crippen LogP contribution in [0.25, 0.3) is 0 Å². The van der Waals surface area contributed by atoms with Crippen LogP contribution in [0.3, 0.4) is 0 Å². The van der Waals surface area contributed by atoms with Gasteiger partial charge in [0.1, 0.15) is 0 Å². The van der Waals surface area contributed by atoms with Crippen LogP contribution in [0, 0.1) is 0 Å². The third-order valence-electron chi connectivity index (χ3n) is 2.76. The molecular weight excluding hydrogens is 264 g/mol. The van der Waals surface area contributed by atoms with Crippen LogP contribution in [0.5, 0.6) is 11.5 Å². The summed E-state index contributed by atoms with van der Waals surface area (Å²) in [4.78, 5) is 11.9. The van der Waals surface area contributed by atoms with Crippen molar-refractivity contribution in [3.8, 4) is 11.5 Å². The van der Waals surface area contributed by atoms with Crippen LogP contribution >= 0.6 is 11.3 Å². The van der Waals surface area contributed by atoms with E-state index < -0.39 is 0 Å². The highest BCUT2D eigenvalue weighted by atomic mass is 32.1. The van der Waals surface area contributed by atoms with Crippen molar-refractivity contribution in [2.75, 3.05) is 17.8 Å². The van der Waals surface area contributed by atoms with Gasteiger partial charge in [-0.15, -0.1) is 0 Å². The Bertz CT molecular complexity index is 611. The van der Waals surface area contributed by atoms with Crippen molar-refractivity contribution >= 4 is 28.6 Å². The molecule has 2 aromatic rings. The van der Waals surface area contributed by atoms with E-state index in [0.717, 1.165) is 5.56 Å². The van der Waals surface area contributed by atoms with Crippen molar-refractivity contribution in [3.63, 3.8) is 0 Å². The van der Waals surface area contributed by atoms with Crippen molar-refractivity contribution in [2.24, 2.45) is 0 Å². The molecule has 0 radical (unpaired) electrons. The van der Waals surface area contributed by atoms with Crippen LogP contribution in [-0.2, 0) is 11.2 Å². The Kier molecular flexibility index (Phi) is 3.00. The maximum atomic E-state index is 11.9. The third-order valence-corrected chi connectivity index (χ3v) is 3.50. The van der Waals surface area contributed by atoms with Crippen molar-refractivity contribution in [1.82, 2.24) is 0 Å². The van der Waals surface area contributed by atoms with E-state index in [2.05, 4.69) is 5.32 Å². The minimum absolute atomic E-state index is 0.107. The molecule has 0 aliphatic carbocycles. The van der Waals surface area contributed by atoms with Gasteiger partial charge in [-0.05, 0) is 22.4 Å². The molecule has 0 bridgehead atoms. The summed E-state index contributed by atoms with van der Waals surface area (Å²) < 4.78 is 10.5. The van der Waals surface area contributed by atoms with E-state index in [1.54, 1.807) is 23.5 Å². The largest absolute Gasteiger partial charge is 0.454 e. The number of carbonyl (C=O) groups excluding carboxylic acids is 1. The Labute approximate surface area is 113 Å². The number of nitrogen functional groups attached to an aromatic ring is 1. The molecule has 1 amide bonds. The van der Waals surface area contributed by atoms with E-state index in [1.807, 2.05) is 16.8 Å². The molecule has 3 N–H and O–H groups in total. The number of amides is 1. The van der Waals surface area contributed by atoms with Gasteiger partial charge in [0.2, 0.25) is 12.7 Å². The monoisotopic (exact) mass is 276 g/mol. The summed E-state index contributed by atoms with van der Waals surface area (Å²) in [6.07, 6.45) is 0.331. The van der Waals surface area contributed by atoms with E-state index in [0.29, 0.717) is 29.3 Å². The molecule has 1 aliphatic heterocycles. The Balaban J connectivity index is 1.74. The zero-order valence-corrected chi connectivity index (χ0v) is 10.8. The molecule has 5 nitrogen and oxygen atoms in total. The molecule has 0 atom stereocenters. The Morgan fingerprint density at radius 2 is 2.16 bits per heavy atom. The normalized spacial score (nSPS) is 12.4. The number of nitrogens with one attached hydrogen (secondary N) is 1. The third kappa shape index (κ3) is 2.48. The first-order valence-electron chi connectivity index (χ1n) is 5.72. The van der Waals surface area contributed by atoms with Gasteiger partial charge in [0.15, 0.2) is 11.5 Å². The minimum atomic E-state index is -0.107. The molecule has 1 aliphatic rings. The lowest BCUT2D eigenvalue weighted by atomic mass is 10.2. The van der Waals surface area contributed by atoms with Gasteiger partial charge in [0, 0.05) is 12.1 Å². The van der Waals surface area contributed by atoms with E-state index in [1.165, 1.54) is 0 Å². The number of hydrogen-bond donors (Lipinski definition) is 2. The molecule has 0 saturated heterocycles. The van der Waals surface area contributed by atoms with E-state index in [9.17, 15) is 4.79 Å². The van der Waals surface area contributed by atoms with Gasteiger partial charge in [0.05, 0.1) is 17.8 Å². The quantitative estimate of drug-likeness (QED) is 0.843. The number of anilines is 2. The maximum absolute atomic E-state index is 11.9. The lowest BCUT2D eigenvalue weighted by Gasteiger charge is -2.09. The first kappa shape index (κ1) is 11.9. The predicted molar refractivity (Wildman–Crippen MR) is 73.6 cm³/mol. The molecule has 1 aromatic heterocycles. The second-order valence-corrected chi connectivity index (χ2v) is 4.93. The smallest absolute Gasteiger partial charge is 0.231 e. The first-order chi connectivity index (χ1) is 9.22. The topological polar surface area (TPSA) is 73.6 Å². The molecule has 0 fully saturated rings. The highest BCUT2D eigenvalue weighted by molar-refractivity contribution is 7.08. The Hall–Kier alpha value is -2.21. The van der Waals surface area contributed by atoms with E-state index >= 15 is 0 Å². The summed E-state index contributed by atoms with van der Waals surface area (Å²) in [5.74, 6) is 1.09. The Morgan fingerprint density at radius 3 is 2.89 bits per heavy atom. The molecule has 6 heteroatoms. The highest BCUT2D eigenvalue weighted by Crippen LogP contribution is 2.38.